The summed E-state index contributed by atoms with van der Waals surface area (Å²) in [5.41, 5.74) is 1.06. The normalized spacial score (nSPS) is 25.9. The summed E-state index contributed by atoms with van der Waals surface area (Å²) in [5.74, 6) is 0.879. The minimum absolute atomic E-state index is 0. The van der Waals surface area contributed by atoms with E-state index in [-0.39, 0.29) is 24.4 Å². The molecule has 3 atom stereocenters. The first kappa shape index (κ1) is 17.6. The minimum atomic E-state index is 0. The van der Waals surface area contributed by atoms with Crippen LogP contribution in [0.4, 0.5) is 0 Å². The summed E-state index contributed by atoms with van der Waals surface area (Å²) in [7, 11) is 0. The Bertz CT molecular complexity index is 657. The standard InChI is InChI=1S/C18H23N3OS.ClH/c22-18(15-11-12-5-1-2-6-13(12)20-15)19-10-9-17-21-14-7-3-4-8-16(14)23-17;/h3-4,7-8,12-13,15,20H,1-2,5-6,9-11H2,(H,19,22);1H. The highest BCUT2D eigenvalue weighted by molar-refractivity contribution is 7.18. The van der Waals surface area contributed by atoms with E-state index >= 15 is 0 Å². The fourth-order valence-corrected chi connectivity index (χ4v) is 4.93. The van der Waals surface area contributed by atoms with Crippen molar-refractivity contribution in [2.24, 2.45) is 5.92 Å². The molecule has 1 aliphatic carbocycles. The molecular weight excluding hydrogens is 342 g/mol. The van der Waals surface area contributed by atoms with Gasteiger partial charge in [-0.25, -0.2) is 4.98 Å². The molecule has 3 unspecified atom stereocenters. The predicted molar refractivity (Wildman–Crippen MR) is 101 cm³/mol. The maximum atomic E-state index is 12.4. The van der Waals surface area contributed by atoms with Crippen molar-refractivity contribution in [3.63, 3.8) is 0 Å². The molecule has 0 spiro atoms. The Kier molecular flexibility index (Phi) is 5.74. The molecule has 130 valence electrons. The predicted octanol–water partition coefficient (Wildman–Crippen LogP) is 3.30. The Labute approximate surface area is 152 Å². The van der Waals surface area contributed by atoms with E-state index in [0.29, 0.717) is 18.5 Å². The third-order valence-electron chi connectivity index (χ3n) is 5.16. The lowest BCUT2D eigenvalue weighted by atomic mass is 9.85. The average molecular weight is 366 g/mol. The van der Waals surface area contributed by atoms with Gasteiger partial charge in [-0.05, 0) is 37.3 Å². The second-order valence-electron chi connectivity index (χ2n) is 6.72. The molecule has 2 aliphatic rings. The van der Waals surface area contributed by atoms with Crippen LogP contribution >= 0.6 is 23.7 Å². The van der Waals surface area contributed by atoms with E-state index in [1.54, 1.807) is 11.3 Å². The van der Waals surface area contributed by atoms with Crippen LogP contribution in [0.5, 0.6) is 0 Å². The molecule has 1 aromatic carbocycles. The van der Waals surface area contributed by atoms with E-state index in [0.717, 1.165) is 23.4 Å². The van der Waals surface area contributed by atoms with Crippen LogP contribution in [-0.4, -0.2) is 29.5 Å². The first-order valence-corrected chi connectivity index (χ1v) is 9.49. The highest BCUT2D eigenvalue weighted by Gasteiger charge is 2.37. The van der Waals surface area contributed by atoms with E-state index in [2.05, 4.69) is 21.7 Å². The molecule has 0 bridgehead atoms. The second kappa shape index (κ2) is 7.81. The molecule has 24 heavy (non-hydrogen) atoms. The van der Waals surface area contributed by atoms with E-state index in [1.807, 2.05) is 18.2 Å². The Morgan fingerprint density at radius 2 is 2.12 bits per heavy atom. The van der Waals surface area contributed by atoms with Gasteiger partial charge in [0.25, 0.3) is 0 Å². The largest absolute Gasteiger partial charge is 0.354 e. The van der Waals surface area contributed by atoms with Gasteiger partial charge >= 0.3 is 0 Å². The van der Waals surface area contributed by atoms with Crippen LogP contribution in [0.25, 0.3) is 10.2 Å². The summed E-state index contributed by atoms with van der Waals surface area (Å²) in [6.45, 7) is 0.673. The molecule has 2 N–H and O–H groups in total. The minimum Gasteiger partial charge on any atom is -0.354 e. The number of nitrogens with zero attached hydrogens (tertiary/aromatic N) is 1. The number of para-hydroxylation sites is 1. The van der Waals surface area contributed by atoms with E-state index in [4.69, 9.17) is 0 Å². The van der Waals surface area contributed by atoms with Gasteiger partial charge in [0.05, 0.1) is 21.3 Å². The summed E-state index contributed by atoms with van der Waals surface area (Å²) in [5, 5.41) is 7.73. The van der Waals surface area contributed by atoms with Gasteiger partial charge in [0.1, 0.15) is 0 Å². The van der Waals surface area contributed by atoms with Crippen molar-refractivity contribution in [3.8, 4) is 0 Å². The van der Waals surface area contributed by atoms with Crippen molar-refractivity contribution in [1.29, 1.82) is 0 Å². The number of halogens is 1. The molecule has 0 radical (unpaired) electrons. The molecular formula is C18H24ClN3OS. The van der Waals surface area contributed by atoms with Crippen LogP contribution in [-0.2, 0) is 11.2 Å². The molecule has 2 heterocycles. The first-order valence-electron chi connectivity index (χ1n) is 8.68. The van der Waals surface area contributed by atoms with E-state index in [1.165, 1.54) is 30.4 Å². The summed E-state index contributed by atoms with van der Waals surface area (Å²) in [6.07, 6.45) is 6.98. The number of amides is 1. The summed E-state index contributed by atoms with van der Waals surface area (Å²) in [6, 6.07) is 8.77. The van der Waals surface area contributed by atoms with Gasteiger partial charge in [0.2, 0.25) is 5.91 Å². The quantitative estimate of drug-likeness (QED) is 0.874. The molecule has 1 amide bonds. The summed E-state index contributed by atoms with van der Waals surface area (Å²) >= 11 is 1.72. The Hall–Kier alpha value is -1.17. The molecule has 2 fully saturated rings. The van der Waals surface area contributed by atoms with Crippen molar-refractivity contribution in [2.75, 3.05) is 6.54 Å². The summed E-state index contributed by atoms with van der Waals surface area (Å²) < 4.78 is 1.22. The highest BCUT2D eigenvalue weighted by atomic mass is 35.5. The second-order valence-corrected chi connectivity index (χ2v) is 7.84. The Morgan fingerprint density at radius 3 is 2.96 bits per heavy atom. The molecule has 1 aliphatic heterocycles. The number of benzene rings is 1. The highest BCUT2D eigenvalue weighted by Crippen LogP contribution is 2.33. The van der Waals surface area contributed by atoms with Gasteiger partial charge in [-0.2, -0.15) is 0 Å². The van der Waals surface area contributed by atoms with Crippen molar-refractivity contribution in [3.05, 3.63) is 29.3 Å². The lowest BCUT2D eigenvalue weighted by Gasteiger charge is -2.24. The zero-order valence-corrected chi connectivity index (χ0v) is 15.3. The number of carbonyl (C=O) groups is 1. The van der Waals surface area contributed by atoms with Crippen LogP contribution < -0.4 is 10.6 Å². The van der Waals surface area contributed by atoms with E-state index in [9.17, 15) is 4.79 Å². The Morgan fingerprint density at radius 1 is 1.29 bits per heavy atom. The number of rotatable bonds is 4. The fourth-order valence-electron chi connectivity index (χ4n) is 3.96. The van der Waals surface area contributed by atoms with Gasteiger partial charge in [0.15, 0.2) is 0 Å². The first-order chi connectivity index (χ1) is 11.3. The molecule has 1 saturated heterocycles. The number of thiazole rings is 1. The maximum absolute atomic E-state index is 12.4. The molecule has 1 saturated carbocycles. The van der Waals surface area contributed by atoms with Crippen LogP contribution in [0.2, 0.25) is 0 Å². The van der Waals surface area contributed by atoms with Gasteiger partial charge in [-0.15, -0.1) is 23.7 Å². The smallest absolute Gasteiger partial charge is 0.237 e. The number of fused-ring (bicyclic) bond motifs is 2. The van der Waals surface area contributed by atoms with Crippen molar-refractivity contribution < 1.29 is 4.79 Å². The molecule has 2 aromatic rings. The zero-order valence-electron chi connectivity index (χ0n) is 13.7. The average Bonchev–Trinajstić information content (AvgIpc) is 3.18. The molecule has 1 aromatic heterocycles. The van der Waals surface area contributed by atoms with Crippen molar-refractivity contribution in [2.45, 2.75) is 50.6 Å². The lowest BCUT2D eigenvalue weighted by Crippen LogP contribution is -2.43. The Balaban J connectivity index is 0.00000169. The van der Waals surface area contributed by atoms with Gasteiger partial charge in [-0.1, -0.05) is 25.0 Å². The number of hydrogen-bond donors (Lipinski definition) is 2. The molecule has 6 heteroatoms. The summed E-state index contributed by atoms with van der Waals surface area (Å²) in [4.78, 5) is 17.0. The SMILES string of the molecule is Cl.O=C(NCCc1nc2ccccc2s1)C1CC2CCCCC2N1. The van der Waals surface area contributed by atoms with Crippen molar-refractivity contribution >= 4 is 39.9 Å². The van der Waals surface area contributed by atoms with Crippen LogP contribution in [0, 0.1) is 5.92 Å². The number of aromatic nitrogens is 1. The van der Waals surface area contributed by atoms with Crippen LogP contribution in [0.3, 0.4) is 0 Å². The van der Waals surface area contributed by atoms with Gasteiger partial charge < -0.3 is 10.6 Å². The van der Waals surface area contributed by atoms with Gasteiger partial charge in [0, 0.05) is 19.0 Å². The third kappa shape index (κ3) is 3.73. The number of nitrogens with one attached hydrogen (secondary N) is 2. The number of carbonyl (C=O) groups excluding carboxylic acids is 1. The molecule has 4 rings (SSSR count). The topological polar surface area (TPSA) is 54.0 Å². The van der Waals surface area contributed by atoms with Gasteiger partial charge in [-0.3, -0.25) is 4.79 Å². The van der Waals surface area contributed by atoms with Crippen LogP contribution in [0.15, 0.2) is 24.3 Å². The third-order valence-corrected chi connectivity index (χ3v) is 6.25. The number of hydrogen-bond acceptors (Lipinski definition) is 4. The van der Waals surface area contributed by atoms with Crippen LogP contribution in [0.1, 0.15) is 37.1 Å². The maximum Gasteiger partial charge on any atom is 0.237 e. The molecule has 4 nitrogen and oxygen atoms in total. The fraction of sp³-hybridized carbons (Fsp3) is 0.556. The monoisotopic (exact) mass is 365 g/mol. The zero-order chi connectivity index (χ0) is 15.6. The lowest BCUT2D eigenvalue weighted by molar-refractivity contribution is -0.122. The van der Waals surface area contributed by atoms with E-state index < -0.39 is 0 Å². The van der Waals surface area contributed by atoms with Crippen molar-refractivity contribution in [1.82, 2.24) is 15.6 Å².